The van der Waals surface area contributed by atoms with Crippen molar-refractivity contribution in [2.45, 2.75) is 25.1 Å². The van der Waals surface area contributed by atoms with Gasteiger partial charge in [0.1, 0.15) is 6.04 Å². The van der Waals surface area contributed by atoms with Gasteiger partial charge in [0.25, 0.3) is 5.91 Å². The van der Waals surface area contributed by atoms with Crippen LogP contribution in [0.1, 0.15) is 16.7 Å². The highest BCUT2D eigenvalue weighted by molar-refractivity contribution is 5.89. The predicted molar refractivity (Wildman–Crippen MR) is 101 cm³/mol. The fourth-order valence-corrected chi connectivity index (χ4v) is 3.07. The van der Waals surface area contributed by atoms with E-state index in [1.807, 2.05) is 29.7 Å². The molecule has 0 unspecified atom stereocenters. The van der Waals surface area contributed by atoms with E-state index in [0.717, 1.165) is 28.6 Å². The van der Waals surface area contributed by atoms with E-state index in [0.29, 0.717) is 5.56 Å². The smallest absolute Gasteiger partial charge is 0.361 e. The quantitative estimate of drug-likeness (QED) is 0.288. The number of amides is 2. The topological polar surface area (TPSA) is 100 Å². The van der Waals surface area contributed by atoms with Crippen LogP contribution < -0.4 is 16.6 Å². The highest BCUT2D eigenvalue weighted by Crippen LogP contribution is 2.29. The molecule has 1 aromatic heterocycles. The third-order valence-corrected chi connectivity index (χ3v) is 4.54. The van der Waals surface area contributed by atoms with Crippen molar-refractivity contribution in [1.82, 2.24) is 15.7 Å². The van der Waals surface area contributed by atoms with E-state index >= 15 is 0 Å². The first-order valence-electron chi connectivity index (χ1n) is 8.79. The number of hydrazine groups is 1. The molecule has 2 aromatic carbocycles. The number of aromatic nitrogens is 1. The Labute approximate surface area is 164 Å². The van der Waals surface area contributed by atoms with Crippen molar-refractivity contribution in [3.05, 3.63) is 71.4 Å². The molecule has 0 saturated carbocycles. The summed E-state index contributed by atoms with van der Waals surface area (Å²) in [5.41, 5.74) is 3.35. The summed E-state index contributed by atoms with van der Waals surface area (Å²) in [7, 11) is 0. The van der Waals surface area contributed by atoms with Gasteiger partial charge in [0.15, 0.2) is 0 Å². The van der Waals surface area contributed by atoms with Gasteiger partial charge in [-0.25, -0.2) is 5.84 Å². The zero-order chi connectivity index (χ0) is 21.0. The maximum absolute atomic E-state index is 12.6. The number of rotatable bonds is 6. The number of alkyl halides is 3. The third-order valence-electron chi connectivity index (χ3n) is 4.54. The minimum absolute atomic E-state index is 0.166. The normalized spacial score (nSPS) is 12.6. The van der Waals surface area contributed by atoms with Crippen molar-refractivity contribution in [1.29, 1.82) is 0 Å². The molecular formula is C20H19F3N4O2. The van der Waals surface area contributed by atoms with E-state index in [1.165, 1.54) is 12.1 Å². The Morgan fingerprint density at radius 3 is 2.41 bits per heavy atom. The summed E-state index contributed by atoms with van der Waals surface area (Å²) in [5.74, 6) is 4.16. The van der Waals surface area contributed by atoms with Crippen molar-refractivity contribution in [2.75, 3.05) is 0 Å². The maximum atomic E-state index is 12.6. The maximum Gasteiger partial charge on any atom is 0.416 e. The van der Waals surface area contributed by atoms with Crippen LogP contribution in [0.25, 0.3) is 10.9 Å². The van der Waals surface area contributed by atoms with Crippen LogP contribution in [0.3, 0.4) is 0 Å². The molecule has 3 rings (SSSR count). The van der Waals surface area contributed by atoms with E-state index in [4.69, 9.17) is 5.84 Å². The molecule has 0 fully saturated rings. The van der Waals surface area contributed by atoms with E-state index in [-0.39, 0.29) is 12.8 Å². The molecular weight excluding hydrogens is 385 g/mol. The SMILES string of the molecule is NNC(=O)[C@H](Cc1c[nH]c2ccccc12)NC(=O)Cc1ccc(C(F)(F)F)cc1. The van der Waals surface area contributed by atoms with Crippen molar-refractivity contribution in [2.24, 2.45) is 5.84 Å². The fourth-order valence-electron chi connectivity index (χ4n) is 3.07. The third kappa shape index (κ3) is 4.94. The number of para-hydroxylation sites is 1. The molecule has 29 heavy (non-hydrogen) atoms. The first kappa shape index (κ1) is 20.4. The van der Waals surface area contributed by atoms with Crippen LogP contribution in [0, 0.1) is 0 Å². The van der Waals surface area contributed by atoms with Crippen molar-refractivity contribution < 1.29 is 22.8 Å². The number of benzene rings is 2. The lowest BCUT2D eigenvalue weighted by atomic mass is 10.0. The number of carbonyl (C=O) groups is 2. The summed E-state index contributed by atoms with van der Waals surface area (Å²) in [4.78, 5) is 27.6. The summed E-state index contributed by atoms with van der Waals surface area (Å²) in [5, 5.41) is 3.51. The zero-order valence-corrected chi connectivity index (χ0v) is 15.2. The van der Waals surface area contributed by atoms with Gasteiger partial charge in [0.05, 0.1) is 12.0 Å². The van der Waals surface area contributed by atoms with Gasteiger partial charge in [-0.15, -0.1) is 0 Å². The van der Waals surface area contributed by atoms with Gasteiger partial charge in [-0.3, -0.25) is 15.0 Å². The average molecular weight is 404 g/mol. The monoisotopic (exact) mass is 404 g/mol. The molecule has 6 nitrogen and oxygen atoms in total. The number of nitrogens with two attached hydrogens (primary N) is 1. The minimum Gasteiger partial charge on any atom is -0.361 e. The molecule has 9 heteroatoms. The number of carbonyl (C=O) groups excluding carboxylic acids is 2. The largest absolute Gasteiger partial charge is 0.416 e. The van der Waals surface area contributed by atoms with Crippen LogP contribution in [0.5, 0.6) is 0 Å². The minimum atomic E-state index is -4.44. The van der Waals surface area contributed by atoms with Gasteiger partial charge in [-0.05, 0) is 29.3 Å². The molecule has 0 aliphatic rings. The number of nitrogens with one attached hydrogen (secondary N) is 3. The summed E-state index contributed by atoms with van der Waals surface area (Å²) in [6.45, 7) is 0. The van der Waals surface area contributed by atoms with E-state index in [2.05, 4.69) is 10.3 Å². The van der Waals surface area contributed by atoms with E-state index in [1.54, 1.807) is 6.20 Å². The first-order chi connectivity index (χ1) is 13.8. The molecule has 152 valence electrons. The Morgan fingerprint density at radius 1 is 1.07 bits per heavy atom. The summed E-state index contributed by atoms with van der Waals surface area (Å²) < 4.78 is 37.9. The number of hydrogen-bond acceptors (Lipinski definition) is 3. The number of fused-ring (bicyclic) bond motifs is 1. The van der Waals surface area contributed by atoms with Crippen LogP contribution in [0.2, 0.25) is 0 Å². The number of aromatic amines is 1. The van der Waals surface area contributed by atoms with Crippen molar-refractivity contribution in [3.8, 4) is 0 Å². The summed E-state index contributed by atoms with van der Waals surface area (Å²) in [6.07, 6.45) is -2.65. The zero-order valence-electron chi connectivity index (χ0n) is 15.2. The average Bonchev–Trinajstić information content (AvgIpc) is 3.09. The second-order valence-electron chi connectivity index (χ2n) is 6.56. The Hall–Kier alpha value is -3.33. The number of hydrogen-bond donors (Lipinski definition) is 4. The molecule has 1 heterocycles. The number of halogens is 3. The Balaban J connectivity index is 1.70. The van der Waals surface area contributed by atoms with Crippen molar-refractivity contribution >= 4 is 22.7 Å². The Kier molecular flexibility index (Phi) is 5.88. The van der Waals surface area contributed by atoms with Crippen LogP contribution in [-0.2, 0) is 28.6 Å². The van der Waals surface area contributed by atoms with E-state index in [9.17, 15) is 22.8 Å². The fraction of sp³-hybridized carbons (Fsp3) is 0.200. The Bertz CT molecular complexity index is 1010. The van der Waals surface area contributed by atoms with Crippen LogP contribution in [-0.4, -0.2) is 22.8 Å². The Morgan fingerprint density at radius 2 is 1.76 bits per heavy atom. The van der Waals surface area contributed by atoms with E-state index < -0.39 is 29.6 Å². The number of H-pyrrole nitrogens is 1. The second-order valence-corrected chi connectivity index (χ2v) is 6.56. The van der Waals surface area contributed by atoms with Crippen molar-refractivity contribution in [3.63, 3.8) is 0 Å². The molecule has 1 atom stereocenters. The second kappa shape index (κ2) is 8.36. The first-order valence-corrected chi connectivity index (χ1v) is 8.79. The van der Waals surface area contributed by atoms with Crippen LogP contribution >= 0.6 is 0 Å². The molecule has 3 aromatic rings. The van der Waals surface area contributed by atoms with Gasteiger partial charge < -0.3 is 10.3 Å². The van der Waals surface area contributed by atoms with Crippen LogP contribution in [0.15, 0.2) is 54.7 Å². The van der Waals surface area contributed by atoms with Gasteiger partial charge >= 0.3 is 6.18 Å². The van der Waals surface area contributed by atoms with Gasteiger partial charge in [0, 0.05) is 23.5 Å². The highest BCUT2D eigenvalue weighted by Gasteiger charge is 2.30. The lowest BCUT2D eigenvalue weighted by Crippen LogP contribution is -2.50. The highest BCUT2D eigenvalue weighted by atomic mass is 19.4. The molecule has 0 saturated heterocycles. The van der Waals surface area contributed by atoms with Gasteiger partial charge in [0.2, 0.25) is 5.91 Å². The molecule has 0 aliphatic heterocycles. The molecule has 0 aliphatic carbocycles. The predicted octanol–water partition coefficient (Wildman–Crippen LogP) is 2.45. The molecule has 0 radical (unpaired) electrons. The van der Waals surface area contributed by atoms with Crippen LogP contribution in [0.4, 0.5) is 13.2 Å². The summed E-state index contributed by atoms with van der Waals surface area (Å²) in [6, 6.07) is 10.9. The lowest BCUT2D eigenvalue weighted by Gasteiger charge is -2.17. The van der Waals surface area contributed by atoms with Gasteiger partial charge in [-0.1, -0.05) is 30.3 Å². The molecule has 2 amide bonds. The standard InChI is InChI=1S/C20H19F3N4O2/c21-20(22,23)14-7-5-12(6-8-14)9-18(28)26-17(19(29)27-24)10-13-11-25-16-4-2-1-3-15(13)16/h1-8,11,17,25H,9-10,24H2,(H,26,28)(H,27,29)/t17-/m0/s1. The summed E-state index contributed by atoms with van der Waals surface area (Å²) >= 11 is 0. The lowest BCUT2D eigenvalue weighted by molar-refractivity contribution is -0.137. The molecule has 0 spiro atoms. The molecule has 5 N–H and O–H groups in total. The van der Waals surface area contributed by atoms with Gasteiger partial charge in [-0.2, -0.15) is 13.2 Å². The molecule has 0 bridgehead atoms.